The Morgan fingerprint density at radius 1 is 1.29 bits per heavy atom. The van der Waals surface area contributed by atoms with E-state index in [2.05, 4.69) is 17.9 Å². The number of fused-ring (bicyclic) bond motifs is 1. The van der Waals surface area contributed by atoms with E-state index < -0.39 is 6.04 Å². The molecule has 0 spiro atoms. The van der Waals surface area contributed by atoms with Crippen LogP contribution in [0.15, 0.2) is 42.0 Å². The summed E-state index contributed by atoms with van der Waals surface area (Å²) in [6.45, 7) is 3.51. The fraction of sp³-hybridized carbons (Fsp3) is 0.500. The number of esters is 1. The molecule has 0 aromatic heterocycles. The molecule has 1 fully saturated rings. The van der Waals surface area contributed by atoms with Crippen molar-refractivity contribution in [2.75, 3.05) is 20.2 Å². The standard InChI is InChI=1S/C20H25NO3/c1-3-4-8-15-11-16-12-21(13-17(16)19(15)22)18(20(23)24-2)14-9-6-5-7-10-14/h5-7,9-11,16-18H,3-4,8,12-13H2,1-2H3/t16?,17?,18-/m0/s1. The maximum atomic E-state index is 12.6. The first kappa shape index (κ1) is 16.9. The normalized spacial score (nSPS) is 24.6. The molecular formula is C20H25NO3. The second-order valence-electron chi connectivity index (χ2n) is 6.72. The van der Waals surface area contributed by atoms with Crippen molar-refractivity contribution in [3.05, 3.63) is 47.5 Å². The molecule has 2 unspecified atom stereocenters. The van der Waals surface area contributed by atoms with Gasteiger partial charge in [-0.15, -0.1) is 0 Å². The van der Waals surface area contributed by atoms with Crippen molar-refractivity contribution < 1.29 is 14.3 Å². The van der Waals surface area contributed by atoms with Crippen LogP contribution < -0.4 is 0 Å². The molecule has 4 heteroatoms. The lowest BCUT2D eigenvalue weighted by atomic mass is 9.97. The van der Waals surface area contributed by atoms with Gasteiger partial charge in [-0.05, 0) is 24.0 Å². The molecular weight excluding hydrogens is 302 g/mol. The average molecular weight is 327 g/mol. The Kier molecular flexibility index (Phi) is 5.14. The van der Waals surface area contributed by atoms with Gasteiger partial charge in [-0.25, -0.2) is 4.79 Å². The first-order chi connectivity index (χ1) is 11.7. The van der Waals surface area contributed by atoms with E-state index in [0.29, 0.717) is 6.54 Å². The van der Waals surface area contributed by atoms with Gasteiger partial charge >= 0.3 is 5.97 Å². The number of unbranched alkanes of at least 4 members (excludes halogenated alkanes) is 1. The maximum absolute atomic E-state index is 12.6. The van der Waals surface area contributed by atoms with Gasteiger partial charge in [0.25, 0.3) is 0 Å². The summed E-state index contributed by atoms with van der Waals surface area (Å²) in [4.78, 5) is 27.1. The van der Waals surface area contributed by atoms with Gasteiger partial charge in [0.1, 0.15) is 6.04 Å². The number of carbonyl (C=O) groups excluding carboxylic acids is 2. The van der Waals surface area contributed by atoms with E-state index >= 15 is 0 Å². The molecule has 128 valence electrons. The fourth-order valence-electron chi connectivity index (χ4n) is 3.91. The number of Topliss-reactive ketones (excluding diaryl/α,β-unsaturated/α-hetero) is 1. The lowest BCUT2D eigenvalue weighted by molar-refractivity contribution is -0.147. The number of likely N-dealkylation sites (tertiary alicyclic amines) is 1. The van der Waals surface area contributed by atoms with Crippen LogP contribution in [0.1, 0.15) is 37.8 Å². The largest absolute Gasteiger partial charge is 0.468 e. The number of hydrogen-bond donors (Lipinski definition) is 0. The lowest BCUT2D eigenvalue weighted by Gasteiger charge is -2.26. The molecule has 1 aliphatic heterocycles. The highest BCUT2D eigenvalue weighted by atomic mass is 16.5. The summed E-state index contributed by atoms with van der Waals surface area (Å²) in [5.41, 5.74) is 1.92. The van der Waals surface area contributed by atoms with Crippen molar-refractivity contribution >= 4 is 11.8 Å². The molecule has 0 saturated carbocycles. The van der Waals surface area contributed by atoms with Crippen LogP contribution in [-0.2, 0) is 14.3 Å². The van der Waals surface area contributed by atoms with Gasteiger partial charge in [0, 0.05) is 24.9 Å². The van der Waals surface area contributed by atoms with Crippen LogP contribution in [0, 0.1) is 11.8 Å². The second-order valence-corrected chi connectivity index (χ2v) is 6.72. The van der Waals surface area contributed by atoms with Gasteiger partial charge in [-0.3, -0.25) is 9.69 Å². The minimum Gasteiger partial charge on any atom is -0.468 e. The minimum absolute atomic E-state index is 0.00715. The van der Waals surface area contributed by atoms with Crippen LogP contribution in [0.5, 0.6) is 0 Å². The molecule has 3 rings (SSSR count). The molecule has 0 amide bonds. The number of methoxy groups -OCH3 is 1. The molecule has 1 aromatic carbocycles. The fourth-order valence-corrected chi connectivity index (χ4v) is 3.91. The second kappa shape index (κ2) is 7.31. The third-order valence-corrected chi connectivity index (χ3v) is 5.17. The highest BCUT2D eigenvalue weighted by Crippen LogP contribution is 2.39. The lowest BCUT2D eigenvalue weighted by Crippen LogP contribution is -2.34. The zero-order valence-corrected chi connectivity index (χ0v) is 14.4. The van der Waals surface area contributed by atoms with Gasteiger partial charge in [0.15, 0.2) is 5.78 Å². The Balaban J connectivity index is 1.78. The Morgan fingerprint density at radius 2 is 2.04 bits per heavy atom. The van der Waals surface area contributed by atoms with Gasteiger partial charge in [0.05, 0.1) is 7.11 Å². The van der Waals surface area contributed by atoms with Crippen molar-refractivity contribution in [1.29, 1.82) is 0 Å². The zero-order valence-electron chi connectivity index (χ0n) is 14.4. The average Bonchev–Trinajstić information content (AvgIpc) is 3.13. The summed E-state index contributed by atoms with van der Waals surface area (Å²) in [5.74, 6) is 0.268. The Labute approximate surface area is 143 Å². The smallest absolute Gasteiger partial charge is 0.327 e. The number of benzene rings is 1. The molecule has 1 heterocycles. The molecule has 4 nitrogen and oxygen atoms in total. The third kappa shape index (κ3) is 3.16. The summed E-state index contributed by atoms with van der Waals surface area (Å²) in [6, 6.07) is 9.25. The number of nitrogens with zero attached hydrogens (tertiary/aromatic N) is 1. The van der Waals surface area contributed by atoms with Crippen LogP contribution in [-0.4, -0.2) is 36.9 Å². The summed E-state index contributed by atoms with van der Waals surface area (Å²) in [6.07, 6.45) is 5.21. The predicted octanol–water partition coefficient (Wildman–Crippen LogP) is 3.15. The van der Waals surface area contributed by atoms with Crippen molar-refractivity contribution in [2.24, 2.45) is 11.8 Å². The van der Waals surface area contributed by atoms with E-state index in [9.17, 15) is 9.59 Å². The monoisotopic (exact) mass is 327 g/mol. The number of ether oxygens (including phenoxy) is 1. The topological polar surface area (TPSA) is 46.6 Å². The predicted molar refractivity (Wildman–Crippen MR) is 92.4 cm³/mol. The SMILES string of the molecule is CCCCC1=CC2CN([C@H](C(=O)OC)c3ccccc3)CC2C1=O. The van der Waals surface area contributed by atoms with E-state index in [1.807, 2.05) is 30.3 Å². The summed E-state index contributed by atoms with van der Waals surface area (Å²) in [5, 5.41) is 0. The van der Waals surface area contributed by atoms with Gasteiger partial charge in [0.2, 0.25) is 0 Å². The van der Waals surface area contributed by atoms with Crippen LogP contribution >= 0.6 is 0 Å². The molecule has 0 N–H and O–H groups in total. The number of carbonyl (C=O) groups is 2. The van der Waals surface area contributed by atoms with Crippen molar-refractivity contribution in [3.63, 3.8) is 0 Å². The van der Waals surface area contributed by atoms with E-state index in [0.717, 1.165) is 36.9 Å². The summed E-state index contributed by atoms with van der Waals surface area (Å²) >= 11 is 0. The van der Waals surface area contributed by atoms with E-state index in [1.165, 1.54) is 7.11 Å². The number of hydrogen-bond acceptors (Lipinski definition) is 4. The maximum Gasteiger partial charge on any atom is 0.327 e. The van der Waals surface area contributed by atoms with Crippen LogP contribution in [0.4, 0.5) is 0 Å². The molecule has 1 saturated heterocycles. The quantitative estimate of drug-likeness (QED) is 0.753. The van der Waals surface area contributed by atoms with Crippen LogP contribution in [0.3, 0.4) is 0 Å². The minimum atomic E-state index is -0.429. The highest BCUT2D eigenvalue weighted by Gasteiger charge is 2.45. The molecule has 0 bridgehead atoms. The van der Waals surface area contributed by atoms with Gasteiger partial charge < -0.3 is 4.74 Å². The summed E-state index contributed by atoms with van der Waals surface area (Å²) in [7, 11) is 1.42. The molecule has 0 radical (unpaired) electrons. The van der Waals surface area contributed by atoms with E-state index in [1.54, 1.807) is 0 Å². The first-order valence-corrected chi connectivity index (χ1v) is 8.77. The summed E-state index contributed by atoms with van der Waals surface area (Å²) < 4.78 is 5.02. The van der Waals surface area contributed by atoms with Gasteiger partial charge in [-0.2, -0.15) is 0 Å². The van der Waals surface area contributed by atoms with Crippen molar-refractivity contribution in [3.8, 4) is 0 Å². The molecule has 3 atom stereocenters. The zero-order chi connectivity index (χ0) is 17.1. The Bertz CT molecular complexity index is 638. The van der Waals surface area contributed by atoms with Crippen molar-refractivity contribution in [1.82, 2.24) is 4.90 Å². The highest BCUT2D eigenvalue weighted by molar-refractivity contribution is 6.00. The molecule has 1 aliphatic carbocycles. The molecule has 24 heavy (non-hydrogen) atoms. The first-order valence-electron chi connectivity index (χ1n) is 8.77. The number of allylic oxidation sites excluding steroid dienone is 1. The van der Waals surface area contributed by atoms with Gasteiger partial charge in [-0.1, -0.05) is 49.8 Å². The molecule has 2 aliphatic rings. The Morgan fingerprint density at radius 3 is 2.67 bits per heavy atom. The third-order valence-electron chi connectivity index (χ3n) is 5.17. The van der Waals surface area contributed by atoms with Crippen LogP contribution in [0.25, 0.3) is 0 Å². The Hall–Kier alpha value is -1.94. The number of ketones is 1. The number of rotatable bonds is 6. The van der Waals surface area contributed by atoms with Crippen molar-refractivity contribution in [2.45, 2.75) is 32.2 Å². The van der Waals surface area contributed by atoms with E-state index in [-0.39, 0.29) is 23.6 Å². The van der Waals surface area contributed by atoms with E-state index in [4.69, 9.17) is 4.74 Å². The van der Waals surface area contributed by atoms with Crippen LogP contribution in [0.2, 0.25) is 0 Å². The molecule has 1 aromatic rings.